The van der Waals surface area contributed by atoms with Crippen LogP contribution in [0.25, 0.3) is 0 Å². The lowest BCUT2D eigenvalue weighted by Gasteiger charge is -2.19. The minimum atomic E-state index is -4.00. The van der Waals surface area contributed by atoms with Crippen molar-refractivity contribution in [2.75, 3.05) is 18.0 Å². The molecule has 0 radical (unpaired) electrons. The fourth-order valence-corrected chi connectivity index (χ4v) is 5.73. The van der Waals surface area contributed by atoms with Crippen LogP contribution in [0.5, 0.6) is 0 Å². The zero-order valence-corrected chi connectivity index (χ0v) is 19.0. The maximum absolute atomic E-state index is 13.9. The molecule has 0 bridgehead atoms. The lowest BCUT2D eigenvalue weighted by atomic mass is 10.2. The molecule has 0 spiro atoms. The number of benzene rings is 1. The largest absolute Gasteiger partial charge is 0.444 e. The maximum Gasteiger partial charge on any atom is 0.407 e. The summed E-state index contributed by atoms with van der Waals surface area (Å²) in [6.45, 7) is 0.917. The van der Waals surface area contributed by atoms with E-state index >= 15 is 0 Å². The SMILES string of the molecule is O=C(N[C@H]1CC[C@H](NS(=O)(=O)c2ccccc2F)C1)O[C@@H]1CCN(c2cn[nH]c(=O)c2Cl)C1. The molecule has 178 valence electrons. The molecule has 1 saturated carbocycles. The van der Waals surface area contributed by atoms with Crippen LogP contribution in [0.1, 0.15) is 25.7 Å². The highest BCUT2D eigenvalue weighted by atomic mass is 35.5. The Hall–Kier alpha value is -2.70. The van der Waals surface area contributed by atoms with Gasteiger partial charge in [-0.25, -0.2) is 27.4 Å². The predicted molar refractivity (Wildman–Crippen MR) is 118 cm³/mol. The van der Waals surface area contributed by atoms with Crippen LogP contribution in [0, 0.1) is 5.82 Å². The molecular formula is C20H23ClFN5O5S. The summed E-state index contributed by atoms with van der Waals surface area (Å²) in [7, 11) is -4.00. The maximum atomic E-state index is 13.9. The molecule has 1 amide bonds. The van der Waals surface area contributed by atoms with Crippen LogP contribution in [-0.4, -0.2) is 56.0 Å². The Balaban J connectivity index is 1.26. The van der Waals surface area contributed by atoms with Crippen LogP contribution >= 0.6 is 11.6 Å². The number of carbonyl (C=O) groups excluding carboxylic acids is 1. The molecule has 3 atom stereocenters. The summed E-state index contributed by atoms with van der Waals surface area (Å²) in [5.41, 5.74) is -0.00890. The minimum Gasteiger partial charge on any atom is -0.444 e. The number of carbonyl (C=O) groups is 1. The molecule has 3 N–H and O–H groups in total. The first-order valence-electron chi connectivity index (χ1n) is 10.4. The molecule has 1 saturated heterocycles. The number of nitrogens with zero attached hydrogens (tertiary/aromatic N) is 2. The number of nitrogens with one attached hydrogen (secondary N) is 3. The van der Waals surface area contributed by atoms with Gasteiger partial charge in [0, 0.05) is 25.0 Å². The summed E-state index contributed by atoms with van der Waals surface area (Å²) >= 11 is 6.03. The second kappa shape index (κ2) is 9.65. The van der Waals surface area contributed by atoms with Crippen molar-refractivity contribution >= 4 is 33.4 Å². The summed E-state index contributed by atoms with van der Waals surface area (Å²) in [5.74, 6) is -0.816. The van der Waals surface area contributed by atoms with E-state index in [1.165, 1.54) is 24.4 Å². The number of halogens is 2. The van der Waals surface area contributed by atoms with Gasteiger partial charge in [-0.2, -0.15) is 5.10 Å². The summed E-state index contributed by atoms with van der Waals surface area (Å²) in [6.07, 6.45) is 2.46. The van der Waals surface area contributed by atoms with E-state index in [2.05, 4.69) is 20.2 Å². The van der Waals surface area contributed by atoms with E-state index in [4.69, 9.17) is 16.3 Å². The van der Waals surface area contributed by atoms with E-state index in [0.29, 0.717) is 44.5 Å². The number of aromatic amines is 1. The number of amides is 1. The van der Waals surface area contributed by atoms with Gasteiger partial charge in [-0.1, -0.05) is 23.7 Å². The van der Waals surface area contributed by atoms with Crippen molar-refractivity contribution in [3.05, 3.63) is 51.7 Å². The number of aromatic nitrogens is 2. The molecule has 1 aromatic heterocycles. The number of hydrogen-bond donors (Lipinski definition) is 3. The van der Waals surface area contributed by atoms with Crippen molar-refractivity contribution in [1.82, 2.24) is 20.2 Å². The Bertz CT molecular complexity index is 1190. The van der Waals surface area contributed by atoms with Gasteiger partial charge in [0.25, 0.3) is 5.56 Å². The highest BCUT2D eigenvalue weighted by molar-refractivity contribution is 7.89. The number of ether oxygens (including phenoxy) is 1. The molecule has 1 aromatic carbocycles. The Morgan fingerprint density at radius 1 is 1.24 bits per heavy atom. The fraction of sp³-hybridized carbons (Fsp3) is 0.450. The zero-order valence-electron chi connectivity index (χ0n) is 17.5. The number of anilines is 1. The van der Waals surface area contributed by atoms with E-state index in [0.717, 1.165) is 6.07 Å². The summed E-state index contributed by atoms with van der Waals surface area (Å²) in [4.78, 5) is 25.4. The van der Waals surface area contributed by atoms with Crippen molar-refractivity contribution in [3.63, 3.8) is 0 Å². The average Bonchev–Trinajstić information content (AvgIpc) is 3.39. The molecular weight excluding hydrogens is 477 g/mol. The number of sulfonamides is 1. The first kappa shape index (κ1) is 23.5. The third-order valence-corrected chi connectivity index (χ3v) is 7.66. The van der Waals surface area contributed by atoms with Gasteiger partial charge < -0.3 is 15.0 Å². The van der Waals surface area contributed by atoms with Crippen molar-refractivity contribution in [3.8, 4) is 0 Å². The zero-order chi connectivity index (χ0) is 23.6. The molecule has 2 aromatic rings. The second-order valence-electron chi connectivity index (χ2n) is 8.06. The smallest absolute Gasteiger partial charge is 0.407 e. The number of alkyl carbamates (subject to hydrolysis) is 1. The van der Waals surface area contributed by atoms with Crippen LogP contribution in [0.4, 0.5) is 14.9 Å². The molecule has 10 nitrogen and oxygen atoms in total. The van der Waals surface area contributed by atoms with Gasteiger partial charge in [0.15, 0.2) is 0 Å². The van der Waals surface area contributed by atoms with Gasteiger partial charge in [-0.15, -0.1) is 0 Å². The normalized spacial score (nSPS) is 23.0. The average molecular weight is 500 g/mol. The van der Waals surface area contributed by atoms with Crippen LogP contribution in [-0.2, 0) is 14.8 Å². The van der Waals surface area contributed by atoms with E-state index in [9.17, 15) is 22.4 Å². The molecule has 33 heavy (non-hydrogen) atoms. The molecule has 2 fully saturated rings. The standard InChI is InChI=1S/C20H23ClFN5O5S/c21-18-16(10-23-25-19(18)28)27-8-7-14(11-27)32-20(29)24-12-5-6-13(9-12)26-33(30,31)17-4-2-1-3-15(17)22/h1-4,10,12-14,26H,5-9,11H2,(H,24,29)(H,25,28)/t12-,13-,14+/m0/s1. The first-order chi connectivity index (χ1) is 15.7. The molecule has 1 aliphatic heterocycles. The topological polar surface area (TPSA) is 133 Å². The van der Waals surface area contributed by atoms with Crippen LogP contribution < -0.4 is 20.5 Å². The Kier molecular flexibility index (Phi) is 6.86. The lowest BCUT2D eigenvalue weighted by Crippen LogP contribution is -2.39. The third kappa shape index (κ3) is 5.45. The summed E-state index contributed by atoms with van der Waals surface area (Å²) < 4.78 is 46.8. The van der Waals surface area contributed by atoms with E-state index in [-0.39, 0.29) is 11.1 Å². The van der Waals surface area contributed by atoms with E-state index in [1.807, 2.05) is 4.90 Å². The molecule has 0 unspecified atom stereocenters. The quantitative estimate of drug-likeness (QED) is 0.551. The molecule has 1 aliphatic carbocycles. The van der Waals surface area contributed by atoms with E-state index in [1.54, 1.807) is 0 Å². The second-order valence-corrected chi connectivity index (χ2v) is 10.1. The highest BCUT2D eigenvalue weighted by Gasteiger charge is 2.32. The molecule has 13 heteroatoms. The minimum absolute atomic E-state index is 0.0323. The number of hydrogen-bond acceptors (Lipinski definition) is 7. The highest BCUT2D eigenvalue weighted by Crippen LogP contribution is 2.26. The summed E-state index contributed by atoms with van der Waals surface area (Å²) in [5, 5.41) is 8.80. The first-order valence-corrected chi connectivity index (χ1v) is 12.3. The van der Waals surface area contributed by atoms with E-state index < -0.39 is 44.5 Å². The van der Waals surface area contributed by atoms with Gasteiger partial charge in [0.05, 0.1) is 18.4 Å². The van der Waals surface area contributed by atoms with Gasteiger partial charge in [-0.05, 0) is 31.4 Å². The Morgan fingerprint density at radius 2 is 2.00 bits per heavy atom. The van der Waals surface area contributed by atoms with Crippen molar-refractivity contribution in [2.24, 2.45) is 0 Å². The monoisotopic (exact) mass is 499 g/mol. The van der Waals surface area contributed by atoms with Crippen LogP contribution in [0.3, 0.4) is 0 Å². The van der Waals surface area contributed by atoms with Crippen molar-refractivity contribution in [1.29, 1.82) is 0 Å². The van der Waals surface area contributed by atoms with Crippen LogP contribution in [0.15, 0.2) is 40.2 Å². The predicted octanol–water partition coefficient (Wildman–Crippen LogP) is 1.77. The van der Waals surface area contributed by atoms with Crippen molar-refractivity contribution < 1.29 is 22.3 Å². The van der Waals surface area contributed by atoms with Gasteiger partial charge in [0.2, 0.25) is 10.0 Å². The number of rotatable bonds is 6. The van der Waals surface area contributed by atoms with Gasteiger partial charge >= 0.3 is 6.09 Å². The lowest BCUT2D eigenvalue weighted by molar-refractivity contribution is 0.105. The Labute approximate surface area is 194 Å². The summed E-state index contributed by atoms with van der Waals surface area (Å²) in [6, 6.07) is 4.48. The Morgan fingerprint density at radius 3 is 2.79 bits per heavy atom. The molecule has 2 heterocycles. The van der Waals surface area contributed by atoms with Crippen LogP contribution in [0.2, 0.25) is 5.02 Å². The van der Waals surface area contributed by atoms with Gasteiger partial charge in [0.1, 0.15) is 21.8 Å². The number of H-pyrrole nitrogens is 1. The molecule has 4 rings (SSSR count). The van der Waals surface area contributed by atoms with Gasteiger partial charge in [-0.3, -0.25) is 4.79 Å². The fourth-order valence-electron chi connectivity index (χ4n) is 4.16. The molecule has 2 aliphatic rings. The van der Waals surface area contributed by atoms with Crippen molar-refractivity contribution in [2.45, 2.75) is 48.8 Å². The third-order valence-electron chi connectivity index (χ3n) is 5.74.